The fourth-order valence-corrected chi connectivity index (χ4v) is 3.64. The second kappa shape index (κ2) is 12.6. The molecule has 4 N–H and O–H groups in total. The molecule has 0 aliphatic heterocycles. The van der Waals surface area contributed by atoms with Crippen molar-refractivity contribution in [2.45, 2.75) is 18.2 Å². The summed E-state index contributed by atoms with van der Waals surface area (Å²) in [7, 11) is 0. The zero-order valence-electron chi connectivity index (χ0n) is 16.4. The molecule has 0 aliphatic rings. The predicted octanol–water partition coefficient (Wildman–Crippen LogP) is 5.00. The number of hydrogen-bond acceptors (Lipinski definition) is 6. The smallest absolute Gasteiger partial charge is 0.0524 e. The molecule has 150 valence electrons. The van der Waals surface area contributed by atoms with Crippen molar-refractivity contribution in [1.82, 2.24) is 10.0 Å². The molecule has 0 spiro atoms. The molecule has 2 aromatic rings. The molecule has 0 aliphatic carbocycles. The van der Waals surface area contributed by atoms with Crippen molar-refractivity contribution in [1.29, 1.82) is 0 Å². The van der Waals surface area contributed by atoms with E-state index >= 15 is 0 Å². The van der Waals surface area contributed by atoms with E-state index < -0.39 is 0 Å². The molecule has 4 nitrogen and oxygen atoms in total. The first kappa shape index (κ1) is 22.4. The molecule has 28 heavy (non-hydrogen) atoms. The standard InChI is InChI=1S/C22H30N4S2/c1-4-24-21-16-19(9-10-22(21)28-5-2)17(3)26-20-8-6-7-18(15-20)11-12-23-13-14-25-27/h4,6-10,15-16,23-27H,1,3,5,11-14H2,2H3. The summed E-state index contributed by atoms with van der Waals surface area (Å²) in [5, 5.41) is 10.0. The maximum Gasteiger partial charge on any atom is 0.0524 e. The highest BCUT2D eigenvalue weighted by atomic mass is 32.2. The summed E-state index contributed by atoms with van der Waals surface area (Å²) < 4.78 is 2.84. The van der Waals surface area contributed by atoms with Crippen LogP contribution in [0.5, 0.6) is 0 Å². The maximum absolute atomic E-state index is 4.22. The van der Waals surface area contributed by atoms with Gasteiger partial charge < -0.3 is 16.0 Å². The average molecular weight is 415 g/mol. The molecule has 0 heterocycles. The number of thioether (sulfide) groups is 1. The molecular formula is C22H30N4S2. The normalized spacial score (nSPS) is 10.5. The van der Waals surface area contributed by atoms with Crippen molar-refractivity contribution in [3.8, 4) is 0 Å². The van der Waals surface area contributed by atoms with Crippen LogP contribution >= 0.6 is 24.6 Å². The lowest BCUT2D eigenvalue weighted by atomic mass is 10.1. The Morgan fingerprint density at radius 3 is 2.75 bits per heavy atom. The van der Waals surface area contributed by atoms with Gasteiger partial charge in [0.2, 0.25) is 0 Å². The minimum atomic E-state index is 0.850. The van der Waals surface area contributed by atoms with Gasteiger partial charge in [-0.05, 0) is 60.3 Å². The van der Waals surface area contributed by atoms with Gasteiger partial charge in [0, 0.05) is 29.4 Å². The topological polar surface area (TPSA) is 48.1 Å². The van der Waals surface area contributed by atoms with Gasteiger partial charge in [-0.15, -0.1) is 11.8 Å². The van der Waals surface area contributed by atoms with E-state index in [1.165, 1.54) is 10.5 Å². The SMILES string of the molecule is C=CNc1cc(C(=C)Nc2cccc(CCNCCNS)c2)ccc1SCC. The summed E-state index contributed by atoms with van der Waals surface area (Å²) in [6.07, 6.45) is 2.68. The van der Waals surface area contributed by atoms with Gasteiger partial charge in [-0.25, -0.2) is 0 Å². The van der Waals surface area contributed by atoms with E-state index in [9.17, 15) is 0 Å². The van der Waals surface area contributed by atoms with Crippen LogP contribution in [0.25, 0.3) is 5.70 Å². The highest BCUT2D eigenvalue weighted by Crippen LogP contribution is 2.30. The molecular weight excluding hydrogens is 384 g/mol. The minimum Gasteiger partial charge on any atom is -0.361 e. The molecule has 0 saturated carbocycles. The quantitative estimate of drug-likeness (QED) is 0.181. The first-order chi connectivity index (χ1) is 13.7. The molecule has 2 rings (SSSR count). The van der Waals surface area contributed by atoms with Gasteiger partial charge in [0.1, 0.15) is 0 Å². The molecule has 0 radical (unpaired) electrons. The number of rotatable bonds is 13. The molecule has 0 saturated heterocycles. The number of anilines is 2. The Kier molecular flexibility index (Phi) is 10.1. The molecule has 0 fully saturated rings. The van der Waals surface area contributed by atoms with Crippen molar-refractivity contribution < 1.29 is 0 Å². The molecule has 0 bridgehead atoms. The van der Waals surface area contributed by atoms with Crippen LogP contribution in [0.4, 0.5) is 11.4 Å². The number of benzene rings is 2. The van der Waals surface area contributed by atoms with E-state index in [0.29, 0.717) is 0 Å². The zero-order chi connectivity index (χ0) is 20.2. The van der Waals surface area contributed by atoms with Crippen molar-refractivity contribution in [2.24, 2.45) is 0 Å². The Bertz CT molecular complexity index is 777. The molecule has 0 aromatic heterocycles. The molecule has 0 atom stereocenters. The molecule has 2 aromatic carbocycles. The van der Waals surface area contributed by atoms with E-state index in [0.717, 1.165) is 54.4 Å². The highest BCUT2D eigenvalue weighted by molar-refractivity contribution is 7.99. The Hall–Kier alpha value is -1.86. The largest absolute Gasteiger partial charge is 0.361 e. The highest BCUT2D eigenvalue weighted by Gasteiger charge is 2.06. The first-order valence-corrected chi connectivity index (χ1v) is 10.9. The predicted molar refractivity (Wildman–Crippen MR) is 129 cm³/mol. The van der Waals surface area contributed by atoms with E-state index in [4.69, 9.17) is 0 Å². The maximum atomic E-state index is 4.22. The number of nitrogens with one attached hydrogen (secondary N) is 4. The lowest BCUT2D eigenvalue weighted by Gasteiger charge is -2.14. The second-order valence-corrected chi connectivity index (χ2v) is 7.83. The van der Waals surface area contributed by atoms with Gasteiger partial charge in [0.05, 0.1) is 5.69 Å². The second-order valence-electron chi connectivity index (χ2n) is 6.20. The van der Waals surface area contributed by atoms with Crippen LogP contribution in [0.3, 0.4) is 0 Å². The monoisotopic (exact) mass is 414 g/mol. The Labute approximate surface area is 178 Å². The third-order valence-corrected chi connectivity index (χ3v) is 5.29. The van der Waals surface area contributed by atoms with Crippen LogP contribution in [0.2, 0.25) is 0 Å². The van der Waals surface area contributed by atoms with Crippen LogP contribution in [-0.2, 0) is 6.42 Å². The Morgan fingerprint density at radius 1 is 1.14 bits per heavy atom. The van der Waals surface area contributed by atoms with Gasteiger partial charge in [0.25, 0.3) is 0 Å². The Balaban J connectivity index is 2.01. The lowest BCUT2D eigenvalue weighted by molar-refractivity contribution is 0.678. The average Bonchev–Trinajstić information content (AvgIpc) is 2.70. The molecule has 0 amide bonds. The van der Waals surface area contributed by atoms with E-state index in [1.54, 1.807) is 18.0 Å². The van der Waals surface area contributed by atoms with Crippen LogP contribution < -0.4 is 20.7 Å². The van der Waals surface area contributed by atoms with Crippen LogP contribution in [0.1, 0.15) is 18.1 Å². The van der Waals surface area contributed by atoms with Gasteiger partial charge >= 0.3 is 0 Å². The van der Waals surface area contributed by atoms with Gasteiger partial charge in [-0.3, -0.25) is 4.72 Å². The third kappa shape index (κ3) is 7.28. The Morgan fingerprint density at radius 2 is 2.00 bits per heavy atom. The summed E-state index contributed by atoms with van der Waals surface area (Å²) in [4.78, 5) is 1.21. The van der Waals surface area contributed by atoms with E-state index in [2.05, 4.69) is 96.0 Å². The van der Waals surface area contributed by atoms with Gasteiger partial charge in [-0.2, -0.15) is 0 Å². The van der Waals surface area contributed by atoms with Crippen LogP contribution in [0.15, 0.2) is 66.7 Å². The molecule has 0 unspecified atom stereocenters. The van der Waals surface area contributed by atoms with Crippen LogP contribution in [-0.4, -0.2) is 25.4 Å². The van der Waals surface area contributed by atoms with Crippen molar-refractivity contribution in [3.05, 3.63) is 72.9 Å². The summed E-state index contributed by atoms with van der Waals surface area (Å²) in [6, 6.07) is 14.8. The minimum absolute atomic E-state index is 0.850. The summed E-state index contributed by atoms with van der Waals surface area (Å²) >= 11 is 5.79. The zero-order valence-corrected chi connectivity index (χ0v) is 18.1. The fourth-order valence-electron chi connectivity index (χ4n) is 2.77. The van der Waals surface area contributed by atoms with Crippen molar-refractivity contribution >= 4 is 41.6 Å². The summed E-state index contributed by atoms with van der Waals surface area (Å²) in [5.41, 5.74) is 5.31. The van der Waals surface area contributed by atoms with E-state index in [-0.39, 0.29) is 0 Å². The summed E-state index contributed by atoms with van der Waals surface area (Å²) in [6.45, 7) is 12.8. The van der Waals surface area contributed by atoms with Crippen LogP contribution in [0, 0.1) is 0 Å². The molecule has 6 heteroatoms. The fraction of sp³-hybridized carbons (Fsp3) is 0.273. The van der Waals surface area contributed by atoms with E-state index in [1.807, 2.05) is 0 Å². The lowest BCUT2D eigenvalue weighted by Crippen LogP contribution is -2.24. The first-order valence-electron chi connectivity index (χ1n) is 9.45. The van der Waals surface area contributed by atoms with Crippen molar-refractivity contribution in [2.75, 3.05) is 36.0 Å². The third-order valence-electron chi connectivity index (χ3n) is 4.11. The van der Waals surface area contributed by atoms with Gasteiger partial charge in [0.15, 0.2) is 0 Å². The summed E-state index contributed by atoms with van der Waals surface area (Å²) in [5.74, 6) is 1.02. The van der Waals surface area contributed by atoms with Gasteiger partial charge in [-0.1, -0.05) is 51.1 Å². The number of hydrogen-bond donors (Lipinski definition) is 5. The van der Waals surface area contributed by atoms with Crippen molar-refractivity contribution in [3.63, 3.8) is 0 Å². The number of thiol groups is 1.